The van der Waals surface area contributed by atoms with E-state index in [-0.39, 0.29) is 92.7 Å². The fraction of sp³-hybridized carbons (Fsp3) is 0.377. The fourth-order valence-electron chi connectivity index (χ4n) is 12.0. The van der Waals surface area contributed by atoms with Gasteiger partial charge in [0, 0.05) is 111 Å². The van der Waals surface area contributed by atoms with Crippen LogP contribution < -0.4 is 42.1 Å². The number of unbranched alkanes of at least 4 members (excludes halogenated alkanes) is 1. The van der Waals surface area contributed by atoms with Gasteiger partial charge in [-0.1, -0.05) is 37.6 Å². The summed E-state index contributed by atoms with van der Waals surface area (Å²) in [6, 6.07) is 26.7. The third-order valence-electron chi connectivity index (χ3n) is 17.4. The minimum absolute atomic E-state index is 0.0119. The van der Waals surface area contributed by atoms with Gasteiger partial charge in [0.25, 0.3) is 11.8 Å². The molecule has 4 aromatic carbocycles. The van der Waals surface area contributed by atoms with Gasteiger partial charge in [0.15, 0.2) is 0 Å². The van der Waals surface area contributed by atoms with Crippen molar-refractivity contribution in [2.75, 3.05) is 87.8 Å². The number of benzene rings is 4. The number of aryl methyl sites for hydroxylation is 4. The van der Waals surface area contributed by atoms with Gasteiger partial charge in [-0.25, -0.2) is 16.8 Å². The molecule has 6 aromatic rings. The third kappa shape index (κ3) is 17.5. The van der Waals surface area contributed by atoms with E-state index in [1.165, 1.54) is 57.4 Å². The summed E-state index contributed by atoms with van der Waals surface area (Å²) >= 11 is 0. The molecule has 96 heavy (non-hydrogen) atoms. The Morgan fingerprint density at radius 2 is 1.09 bits per heavy atom. The largest absolute Gasteiger partial charge is 0.377 e. The first kappa shape index (κ1) is 69.7. The van der Waals surface area contributed by atoms with Crippen molar-refractivity contribution in [2.24, 2.45) is 0 Å². The zero-order valence-corrected chi connectivity index (χ0v) is 56.0. The first-order valence-electron chi connectivity index (χ1n) is 32.4. The molecule has 2 aromatic heterocycles. The summed E-state index contributed by atoms with van der Waals surface area (Å²) < 4.78 is 58.0. The standard InChI is InChI=1S/C69H83N13O12S2/c1-5-6-29-82-61-26-24-53(37-55(61)57(69(82)90)35-51-33-47-12-8-10-14-59(47)75-51)96(93,94)81(4)43-45-17-21-49(22-18-45)77-67(88)41-73-65(86)39-71-63(84)28-31-79(2)30-27-62(83)70-38-64(85)72-40-66(87)76-48-19-15-44(16-20-48)42-80(3)95(91,92)52-23-25-60-54(36-52)56(68(89)78-60)34-50-32-46-11-7-9-13-58(46)74-50/h15-26,32-37,65,73-75,86H,5-14,27-31,38-43H2,1-4H3,(H,70,83)(H,71,84)(H,72,85)(H,76,87)(H,77,88)(H,78,89)/b56-34+,57-35+. The monoisotopic (exact) mass is 1350 g/mol. The Balaban J connectivity index is 0.573. The second-order valence-electron chi connectivity index (χ2n) is 24.7. The van der Waals surface area contributed by atoms with Gasteiger partial charge in [0.1, 0.15) is 6.23 Å². The lowest BCUT2D eigenvalue weighted by atomic mass is 9.98. The molecule has 10 N–H and O–H groups in total. The highest BCUT2D eigenvalue weighted by Gasteiger charge is 2.35. The molecule has 0 saturated carbocycles. The molecule has 10 rings (SSSR count). The number of aromatic amines is 2. The molecule has 25 nitrogen and oxygen atoms in total. The molecule has 0 spiro atoms. The van der Waals surface area contributed by atoms with Crippen molar-refractivity contribution >= 4 is 107 Å². The summed E-state index contributed by atoms with van der Waals surface area (Å²) in [4.78, 5) is 100. The normalized spacial score (nSPS) is 15.5. The highest BCUT2D eigenvalue weighted by Crippen LogP contribution is 2.41. The first-order chi connectivity index (χ1) is 46.0. The maximum absolute atomic E-state index is 14.0. The number of aliphatic hydroxyl groups excluding tert-OH is 1. The number of nitrogens with one attached hydrogen (secondary N) is 9. The van der Waals surface area contributed by atoms with E-state index in [9.17, 15) is 55.5 Å². The average Bonchev–Trinajstić information content (AvgIpc) is 1.67. The number of hydrogen-bond acceptors (Lipinski definition) is 14. The van der Waals surface area contributed by atoms with E-state index in [1.54, 1.807) is 95.7 Å². The minimum atomic E-state index is -4.01. The molecular formula is C69H83N13O12S2. The van der Waals surface area contributed by atoms with Crippen molar-refractivity contribution in [3.8, 4) is 0 Å². The van der Waals surface area contributed by atoms with Crippen molar-refractivity contribution < 1.29 is 55.5 Å². The van der Waals surface area contributed by atoms with Crippen molar-refractivity contribution in [1.82, 2.24) is 44.7 Å². The van der Waals surface area contributed by atoms with Crippen LogP contribution in [-0.4, -0.2) is 160 Å². The number of carbonyl (C=O) groups is 7. The molecule has 4 heterocycles. The predicted molar refractivity (Wildman–Crippen MR) is 367 cm³/mol. The SMILES string of the molecule is CCCCN1C(=O)/C(=C/c2cc3c([nH]2)CCCC3)c2cc(S(=O)(=O)N(C)Cc3ccc(NC(=O)CNC(O)CNC(=O)CCN(C)CCC(=O)NCC(=O)NCC(=O)Nc4ccc(CN(C)S(=O)(=O)c5ccc6c(c5)/C(=C\c5cc7c([nH]5)CCCC7)C(=O)N6)cc4)cc3)ccc21. The second kappa shape index (κ2) is 31.2. The fourth-order valence-corrected chi connectivity index (χ4v) is 14.4. The quantitative estimate of drug-likeness (QED) is 0.0198. The van der Waals surface area contributed by atoms with E-state index in [0.29, 0.717) is 62.7 Å². The number of H-pyrrole nitrogens is 2. The van der Waals surface area contributed by atoms with Crippen LogP contribution in [-0.2, 0) is 92.4 Å². The van der Waals surface area contributed by atoms with E-state index < -0.39 is 49.9 Å². The molecule has 0 fully saturated rings. The Labute approximate surface area is 559 Å². The lowest BCUT2D eigenvalue weighted by Gasteiger charge is -2.19. The van der Waals surface area contributed by atoms with E-state index in [4.69, 9.17) is 0 Å². The number of sulfonamides is 2. The van der Waals surface area contributed by atoms with Crippen molar-refractivity contribution in [1.29, 1.82) is 0 Å². The first-order valence-corrected chi connectivity index (χ1v) is 35.3. The molecule has 27 heteroatoms. The maximum Gasteiger partial charge on any atom is 0.259 e. The number of aliphatic hydroxyl groups is 1. The van der Waals surface area contributed by atoms with Gasteiger partial charge in [-0.2, -0.15) is 8.61 Å². The Kier molecular flexibility index (Phi) is 22.7. The summed E-state index contributed by atoms with van der Waals surface area (Å²) in [5.41, 5.74) is 11.7. The Hall–Kier alpha value is -9.09. The lowest BCUT2D eigenvalue weighted by Crippen LogP contribution is -2.44. The summed E-state index contributed by atoms with van der Waals surface area (Å²) in [6.07, 6.45) is 12.4. The molecule has 2 aliphatic heterocycles. The van der Waals surface area contributed by atoms with Gasteiger partial charge >= 0.3 is 0 Å². The molecule has 0 radical (unpaired) electrons. The lowest BCUT2D eigenvalue weighted by molar-refractivity contribution is -0.127. The van der Waals surface area contributed by atoms with Gasteiger partial charge < -0.3 is 56.8 Å². The molecule has 2 aliphatic carbocycles. The number of carbonyl (C=O) groups excluding carboxylic acids is 7. The maximum atomic E-state index is 14.0. The van der Waals surface area contributed by atoms with Crippen LogP contribution in [0.15, 0.2) is 107 Å². The molecule has 4 aliphatic rings. The van der Waals surface area contributed by atoms with Crippen LogP contribution in [0.2, 0.25) is 0 Å². The van der Waals surface area contributed by atoms with Crippen molar-refractivity contribution in [2.45, 2.75) is 113 Å². The van der Waals surface area contributed by atoms with E-state index in [0.717, 1.165) is 75.6 Å². The van der Waals surface area contributed by atoms with Crippen LogP contribution in [0.4, 0.5) is 22.7 Å². The summed E-state index contributed by atoms with van der Waals surface area (Å²) in [6.45, 7) is 1.90. The molecule has 0 saturated heterocycles. The number of amides is 7. The number of fused-ring (bicyclic) bond motifs is 4. The zero-order valence-electron chi connectivity index (χ0n) is 54.4. The van der Waals surface area contributed by atoms with Gasteiger partial charge in [-0.3, -0.25) is 38.9 Å². The summed E-state index contributed by atoms with van der Waals surface area (Å²) in [7, 11) is -3.35. The average molecular weight is 1350 g/mol. The van der Waals surface area contributed by atoms with E-state index in [2.05, 4.69) is 60.2 Å². The molecule has 1 atom stereocenters. The summed E-state index contributed by atoms with van der Waals surface area (Å²) in [5.74, 6) is -2.89. The highest BCUT2D eigenvalue weighted by atomic mass is 32.2. The van der Waals surface area contributed by atoms with Crippen LogP contribution in [0.25, 0.3) is 23.3 Å². The van der Waals surface area contributed by atoms with Gasteiger partial charge in [0.05, 0.1) is 52.8 Å². The van der Waals surface area contributed by atoms with Crippen LogP contribution >= 0.6 is 0 Å². The van der Waals surface area contributed by atoms with Gasteiger partial charge in [-0.15, -0.1) is 0 Å². The molecule has 7 amide bonds. The molecule has 1 unspecified atom stereocenters. The van der Waals surface area contributed by atoms with Gasteiger partial charge in [0.2, 0.25) is 49.6 Å². The topological polar surface area (TPSA) is 337 Å². The Morgan fingerprint density at radius 1 is 0.594 bits per heavy atom. The number of rotatable bonds is 30. The third-order valence-corrected chi connectivity index (χ3v) is 21.0. The predicted octanol–water partition coefficient (Wildman–Crippen LogP) is 5.47. The van der Waals surface area contributed by atoms with Crippen molar-refractivity contribution in [3.63, 3.8) is 0 Å². The van der Waals surface area contributed by atoms with Crippen LogP contribution in [0.3, 0.4) is 0 Å². The number of anilines is 4. The molecule has 508 valence electrons. The second-order valence-corrected chi connectivity index (χ2v) is 28.8. The van der Waals surface area contributed by atoms with Crippen LogP contribution in [0, 0.1) is 0 Å². The smallest absolute Gasteiger partial charge is 0.259 e. The highest BCUT2D eigenvalue weighted by molar-refractivity contribution is 7.89. The van der Waals surface area contributed by atoms with E-state index >= 15 is 0 Å². The Bertz CT molecular complexity index is 4170. The summed E-state index contributed by atoms with van der Waals surface area (Å²) in [5, 5.41) is 28.9. The zero-order chi connectivity index (χ0) is 68.3. The number of hydrogen-bond donors (Lipinski definition) is 10. The Morgan fingerprint density at radius 3 is 1.66 bits per heavy atom. The number of nitrogens with zero attached hydrogens (tertiary/aromatic N) is 4. The molecule has 0 bridgehead atoms. The van der Waals surface area contributed by atoms with Gasteiger partial charge in [-0.05, 0) is 172 Å². The minimum Gasteiger partial charge on any atom is -0.377 e. The van der Waals surface area contributed by atoms with Crippen molar-refractivity contribution in [3.05, 3.63) is 153 Å². The van der Waals surface area contributed by atoms with Crippen LogP contribution in [0.1, 0.15) is 114 Å². The molecular weight excluding hydrogens is 1270 g/mol. The number of aromatic nitrogens is 2. The van der Waals surface area contributed by atoms with Crippen LogP contribution in [0.5, 0.6) is 0 Å². The van der Waals surface area contributed by atoms with E-state index in [1.807, 2.05) is 12.1 Å².